The quantitative estimate of drug-likeness (QED) is 0.340. The zero-order valence-corrected chi connectivity index (χ0v) is 22.7. The van der Waals surface area contributed by atoms with E-state index in [0.717, 1.165) is 89.8 Å². The van der Waals surface area contributed by atoms with Crippen molar-refractivity contribution < 1.29 is 18.7 Å². The Labute approximate surface area is 229 Å². The van der Waals surface area contributed by atoms with Crippen LogP contribution in [0.3, 0.4) is 0 Å². The van der Waals surface area contributed by atoms with Gasteiger partial charge in [0.1, 0.15) is 5.82 Å². The molecule has 5 rings (SSSR count). The molecule has 1 N–H and O–H groups in total. The van der Waals surface area contributed by atoms with Crippen LogP contribution in [0.5, 0.6) is 0 Å². The Morgan fingerprint density at radius 2 is 1.74 bits per heavy atom. The molecule has 1 aliphatic carbocycles. The third-order valence-corrected chi connectivity index (χ3v) is 7.95. The third kappa shape index (κ3) is 5.89. The molecule has 0 amide bonds. The van der Waals surface area contributed by atoms with Gasteiger partial charge in [0.05, 0.1) is 12.2 Å². The maximum absolute atomic E-state index is 14.2. The summed E-state index contributed by atoms with van der Waals surface area (Å²) < 4.78 is 26.8. The van der Waals surface area contributed by atoms with Crippen LogP contribution in [0.1, 0.15) is 75.0 Å². The zero-order valence-electron chi connectivity index (χ0n) is 22.7. The van der Waals surface area contributed by atoms with Crippen molar-refractivity contribution in [1.29, 1.82) is 0 Å². The number of carbonyl (C=O) groups is 1. The Hall–Kier alpha value is -3.57. The molecule has 202 valence electrons. The number of nitrogens with zero attached hydrogens (tertiary/aromatic N) is 1. The second kappa shape index (κ2) is 11.7. The molecule has 0 atom stereocenters. The van der Waals surface area contributed by atoms with Crippen LogP contribution in [-0.2, 0) is 6.42 Å². The summed E-state index contributed by atoms with van der Waals surface area (Å²) in [5.74, 6) is -1.16. The number of hydrogen-bond donors (Lipinski definition) is 1. The number of likely N-dealkylation sites (tertiary alicyclic amines) is 1. The van der Waals surface area contributed by atoms with Gasteiger partial charge in [0, 0.05) is 19.6 Å². The van der Waals surface area contributed by atoms with Crippen molar-refractivity contribution in [2.75, 3.05) is 26.3 Å². The molecular formula is C34H35F2NO2. The van der Waals surface area contributed by atoms with Crippen molar-refractivity contribution in [1.82, 2.24) is 4.90 Å². The SMILES string of the molecule is Cc1cc(F)cc(C)c1C1=C(c2ccc(C=C3CCN(CCCF)C3)cc2)c2ccc(C(=O)O)cc2CCC1. The van der Waals surface area contributed by atoms with E-state index in [2.05, 4.69) is 35.2 Å². The van der Waals surface area contributed by atoms with Crippen molar-refractivity contribution in [2.45, 2.75) is 46.0 Å². The average Bonchev–Trinajstić information content (AvgIpc) is 3.26. The number of halogens is 2. The first-order valence-corrected chi connectivity index (χ1v) is 13.8. The lowest BCUT2D eigenvalue weighted by Crippen LogP contribution is -2.20. The molecule has 1 fully saturated rings. The molecule has 3 nitrogen and oxygen atoms in total. The minimum Gasteiger partial charge on any atom is -0.478 e. The summed E-state index contributed by atoms with van der Waals surface area (Å²) in [6, 6.07) is 17.2. The average molecular weight is 528 g/mol. The number of carboxylic acid groups (broad SMARTS) is 1. The highest BCUT2D eigenvalue weighted by atomic mass is 19.1. The van der Waals surface area contributed by atoms with Crippen LogP contribution < -0.4 is 0 Å². The predicted molar refractivity (Wildman–Crippen MR) is 154 cm³/mol. The Morgan fingerprint density at radius 3 is 2.44 bits per heavy atom. The van der Waals surface area contributed by atoms with Crippen LogP contribution in [0.15, 0.2) is 60.2 Å². The molecule has 0 radical (unpaired) electrons. The van der Waals surface area contributed by atoms with E-state index in [1.54, 1.807) is 24.3 Å². The van der Waals surface area contributed by atoms with Crippen LogP contribution in [0.2, 0.25) is 0 Å². The molecule has 0 bridgehead atoms. The first-order valence-electron chi connectivity index (χ1n) is 13.8. The van der Waals surface area contributed by atoms with E-state index in [4.69, 9.17) is 0 Å². The highest BCUT2D eigenvalue weighted by Gasteiger charge is 2.23. The van der Waals surface area contributed by atoms with E-state index < -0.39 is 5.97 Å². The van der Waals surface area contributed by atoms with Crippen LogP contribution in [0.25, 0.3) is 17.2 Å². The molecule has 2 aliphatic rings. The van der Waals surface area contributed by atoms with E-state index in [1.807, 2.05) is 19.9 Å². The van der Waals surface area contributed by atoms with E-state index in [9.17, 15) is 18.7 Å². The summed E-state index contributed by atoms with van der Waals surface area (Å²) in [7, 11) is 0. The van der Waals surface area contributed by atoms with Crippen molar-refractivity contribution in [2.24, 2.45) is 0 Å². The van der Waals surface area contributed by atoms with E-state index in [0.29, 0.717) is 12.0 Å². The maximum Gasteiger partial charge on any atom is 0.335 e. The minimum atomic E-state index is -0.925. The van der Waals surface area contributed by atoms with Gasteiger partial charge in [0.2, 0.25) is 0 Å². The van der Waals surface area contributed by atoms with Crippen molar-refractivity contribution >= 4 is 23.2 Å². The second-order valence-corrected chi connectivity index (χ2v) is 10.8. The molecule has 1 saturated heterocycles. The third-order valence-electron chi connectivity index (χ3n) is 7.95. The summed E-state index contributed by atoms with van der Waals surface area (Å²) in [6.07, 6.45) is 6.32. The van der Waals surface area contributed by atoms with Crippen molar-refractivity contribution in [3.8, 4) is 0 Å². The molecule has 39 heavy (non-hydrogen) atoms. The number of allylic oxidation sites excluding steroid dienone is 1. The molecular weight excluding hydrogens is 492 g/mol. The topological polar surface area (TPSA) is 40.5 Å². The first kappa shape index (κ1) is 27.0. The number of rotatable bonds is 7. The summed E-state index contributed by atoms with van der Waals surface area (Å²) in [5.41, 5.74) is 11.1. The highest BCUT2D eigenvalue weighted by Crippen LogP contribution is 2.42. The Bertz CT molecular complexity index is 1430. The Kier molecular flexibility index (Phi) is 8.08. The fourth-order valence-electron chi connectivity index (χ4n) is 6.21. The van der Waals surface area contributed by atoms with Gasteiger partial charge < -0.3 is 5.11 Å². The molecule has 0 unspecified atom stereocenters. The van der Waals surface area contributed by atoms with E-state index in [1.165, 1.54) is 11.1 Å². The summed E-state index contributed by atoms with van der Waals surface area (Å²) >= 11 is 0. The normalized spacial score (nSPS) is 17.0. The fraction of sp³-hybridized carbons (Fsp3) is 0.324. The number of alkyl halides is 1. The van der Waals surface area contributed by atoms with Gasteiger partial charge in [-0.05, 0) is 120 Å². The number of carboxylic acids is 1. The van der Waals surface area contributed by atoms with Gasteiger partial charge in [-0.1, -0.05) is 42.0 Å². The van der Waals surface area contributed by atoms with Crippen molar-refractivity contribution in [3.05, 3.63) is 110 Å². The number of aryl methyl sites for hydroxylation is 3. The lowest BCUT2D eigenvalue weighted by Gasteiger charge is -2.20. The predicted octanol–water partition coefficient (Wildman–Crippen LogP) is 7.88. The molecule has 0 aromatic heterocycles. The molecule has 1 aliphatic heterocycles. The first-order chi connectivity index (χ1) is 18.8. The minimum absolute atomic E-state index is 0.233. The van der Waals surface area contributed by atoms with Gasteiger partial charge in [-0.3, -0.25) is 9.29 Å². The van der Waals surface area contributed by atoms with Crippen LogP contribution in [-0.4, -0.2) is 42.3 Å². The van der Waals surface area contributed by atoms with Gasteiger partial charge in [0.25, 0.3) is 0 Å². The summed E-state index contributed by atoms with van der Waals surface area (Å²) in [6.45, 7) is 6.32. The fourth-order valence-corrected chi connectivity index (χ4v) is 6.21. The number of hydrogen-bond acceptors (Lipinski definition) is 2. The highest BCUT2D eigenvalue weighted by molar-refractivity contribution is 6.01. The van der Waals surface area contributed by atoms with Crippen molar-refractivity contribution in [3.63, 3.8) is 0 Å². The number of aromatic carboxylic acids is 1. The largest absolute Gasteiger partial charge is 0.478 e. The molecule has 3 aromatic carbocycles. The summed E-state index contributed by atoms with van der Waals surface area (Å²) in [5, 5.41) is 9.60. The van der Waals surface area contributed by atoms with Crippen LogP contribution >= 0.6 is 0 Å². The molecule has 1 heterocycles. The Balaban J connectivity index is 1.59. The van der Waals surface area contributed by atoms with Crippen LogP contribution in [0.4, 0.5) is 8.78 Å². The lowest BCUT2D eigenvalue weighted by molar-refractivity contribution is 0.0696. The second-order valence-electron chi connectivity index (χ2n) is 10.8. The van der Waals surface area contributed by atoms with Crippen LogP contribution in [0, 0.1) is 19.7 Å². The van der Waals surface area contributed by atoms with Gasteiger partial charge >= 0.3 is 5.97 Å². The molecule has 3 aromatic rings. The molecule has 0 spiro atoms. The lowest BCUT2D eigenvalue weighted by atomic mass is 9.84. The van der Waals surface area contributed by atoms with Gasteiger partial charge in [-0.25, -0.2) is 9.18 Å². The van der Waals surface area contributed by atoms with Gasteiger partial charge in [-0.2, -0.15) is 0 Å². The molecule has 5 heteroatoms. The van der Waals surface area contributed by atoms with Gasteiger partial charge in [0.15, 0.2) is 0 Å². The standard InChI is InChI=1S/C34H35F2NO2/c1-22-17-29(36)18-23(2)32(22)31-6-3-5-27-20-28(34(38)39)11-12-30(27)33(31)26-9-7-24(8-10-26)19-25-13-16-37(21-25)15-4-14-35/h7-12,17-20H,3-6,13-16,21H2,1-2H3,(H,38,39). The van der Waals surface area contributed by atoms with E-state index >= 15 is 0 Å². The van der Waals surface area contributed by atoms with E-state index in [-0.39, 0.29) is 12.5 Å². The monoisotopic (exact) mass is 527 g/mol. The smallest absolute Gasteiger partial charge is 0.335 e. The van der Waals surface area contributed by atoms with Gasteiger partial charge in [-0.15, -0.1) is 0 Å². The summed E-state index contributed by atoms with van der Waals surface area (Å²) in [4.78, 5) is 14.0. The maximum atomic E-state index is 14.2. The molecule has 0 saturated carbocycles. The Morgan fingerprint density at radius 1 is 1.00 bits per heavy atom. The number of benzene rings is 3. The zero-order chi connectivity index (χ0) is 27.5. The number of fused-ring (bicyclic) bond motifs is 1.